The quantitative estimate of drug-likeness (QED) is 0.484. The van der Waals surface area contributed by atoms with Crippen LogP contribution in [0.25, 0.3) is 16.9 Å². The molecule has 2 aromatic carbocycles. The zero-order valence-corrected chi connectivity index (χ0v) is 17.7. The third kappa shape index (κ3) is 4.27. The Morgan fingerprint density at radius 2 is 1.84 bits per heavy atom. The van der Waals surface area contributed by atoms with Gasteiger partial charge in [0, 0.05) is 23.0 Å². The van der Waals surface area contributed by atoms with E-state index in [0.29, 0.717) is 22.2 Å². The number of benzene rings is 2. The van der Waals surface area contributed by atoms with Gasteiger partial charge in [-0.3, -0.25) is 9.78 Å². The lowest BCUT2D eigenvalue weighted by atomic mass is 10.1. The fourth-order valence-electron chi connectivity index (χ4n) is 3.29. The molecule has 1 atom stereocenters. The normalized spacial score (nSPS) is 11.7. The van der Waals surface area contributed by atoms with E-state index < -0.39 is 0 Å². The molecule has 8 heteroatoms. The molecule has 0 aliphatic carbocycles. The summed E-state index contributed by atoms with van der Waals surface area (Å²) in [6.07, 6.45) is 3.30. The lowest BCUT2D eigenvalue weighted by Gasteiger charge is -2.15. The largest absolute Gasteiger partial charge is 0.494 e. The molecule has 1 N–H and O–H groups in total. The molecule has 2 heterocycles. The summed E-state index contributed by atoms with van der Waals surface area (Å²) in [6.45, 7) is 1.92. The number of nitrogens with zero attached hydrogens (tertiary/aromatic N) is 4. The fraction of sp³-hybridized carbons (Fsp3) is 0.130. The van der Waals surface area contributed by atoms with E-state index in [1.54, 1.807) is 54.5 Å². The Kier molecular flexibility index (Phi) is 5.95. The maximum absolute atomic E-state index is 13.2. The van der Waals surface area contributed by atoms with Crippen molar-refractivity contribution in [3.05, 3.63) is 89.3 Å². The molecule has 0 aliphatic rings. The third-order valence-electron chi connectivity index (χ3n) is 4.86. The molecule has 0 aliphatic heterocycles. The number of amides is 1. The highest BCUT2D eigenvalue weighted by Crippen LogP contribution is 2.31. The Bertz CT molecular complexity index is 1200. The first-order valence-corrected chi connectivity index (χ1v) is 10.0. The number of hydrogen-bond acceptors (Lipinski definition) is 5. The van der Waals surface area contributed by atoms with Crippen molar-refractivity contribution in [2.75, 3.05) is 7.11 Å². The topological polar surface area (TPSA) is 81.9 Å². The number of methoxy groups -OCH3 is 1. The summed E-state index contributed by atoms with van der Waals surface area (Å²) in [5.74, 6) is 0.213. The van der Waals surface area contributed by atoms with Gasteiger partial charge in [0.05, 0.1) is 13.2 Å². The number of aromatic nitrogens is 4. The van der Waals surface area contributed by atoms with Crippen LogP contribution in [0.1, 0.15) is 29.0 Å². The predicted octanol–water partition coefficient (Wildman–Crippen LogP) is 4.48. The van der Waals surface area contributed by atoms with E-state index in [-0.39, 0.29) is 17.6 Å². The lowest BCUT2D eigenvalue weighted by molar-refractivity contribution is 0.0935. The van der Waals surface area contributed by atoms with E-state index in [1.807, 2.05) is 37.3 Å². The average Bonchev–Trinajstić information content (AvgIpc) is 3.25. The molecular weight excluding hydrogens is 414 g/mol. The number of ether oxygens (including phenoxy) is 1. The fourth-order valence-corrected chi connectivity index (χ4v) is 3.46. The van der Waals surface area contributed by atoms with E-state index in [0.717, 1.165) is 11.1 Å². The van der Waals surface area contributed by atoms with Gasteiger partial charge < -0.3 is 10.1 Å². The molecular formula is C23H20ClN5O2. The summed E-state index contributed by atoms with van der Waals surface area (Å²) < 4.78 is 7.04. The molecule has 0 saturated heterocycles. The number of rotatable bonds is 6. The van der Waals surface area contributed by atoms with Gasteiger partial charge in [0.15, 0.2) is 5.69 Å². The molecule has 0 radical (unpaired) electrons. The zero-order valence-electron chi connectivity index (χ0n) is 17.0. The second-order valence-electron chi connectivity index (χ2n) is 6.86. The summed E-state index contributed by atoms with van der Waals surface area (Å²) in [4.78, 5) is 17.3. The highest BCUT2D eigenvalue weighted by atomic mass is 35.5. The van der Waals surface area contributed by atoms with Crippen LogP contribution in [0.3, 0.4) is 0 Å². The van der Waals surface area contributed by atoms with Crippen LogP contribution in [0.15, 0.2) is 73.1 Å². The Balaban J connectivity index is 1.79. The van der Waals surface area contributed by atoms with Crippen molar-refractivity contribution < 1.29 is 9.53 Å². The number of halogens is 1. The minimum absolute atomic E-state index is 0.191. The summed E-state index contributed by atoms with van der Waals surface area (Å²) in [6, 6.07) is 18.3. The van der Waals surface area contributed by atoms with E-state index in [9.17, 15) is 4.79 Å². The van der Waals surface area contributed by atoms with Gasteiger partial charge in [-0.2, -0.15) is 0 Å². The second-order valence-corrected chi connectivity index (χ2v) is 7.29. The number of hydrogen-bond donors (Lipinski definition) is 1. The molecule has 31 heavy (non-hydrogen) atoms. The highest BCUT2D eigenvalue weighted by molar-refractivity contribution is 6.30. The number of carbonyl (C=O) groups is 1. The van der Waals surface area contributed by atoms with Gasteiger partial charge >= 0.3 is 0 Å². The summed E-state index contributed by atoms with van der Waals surface area (Å²) in [5.41, 5.74) is 3.01. The molecule has 0 spiro atoms. The van der Waals surface area contributed by atoms with Gasteiger partial charge in [0.1, 0.15) is 17.1 Å². The minimum Gasteiger partial charge on any atom is -0.494 e. The summed E-state index contributed by atoms with van der Waals surface area (Å²) in [7, 11) is 1.56. The van der Waals surface area contributed by atoms with Crippen molar-refractivity contribution >= 4 is 17.5 Å². The number of nitrogens with one attached hydrogen (secondary N) is 1. The van der Waals surface area contributed by atoms with Crippen LogP contribution in [-0.2, 0) is 0 Å². The van der Waals surface area contributed by atoms with E-state index >= 15 is 0 Å². The molecule has 7 nitrogen and oxygen atoms in total. The standard InChI is InChI=1S/C23H20ClN5O2/c1-15(16-6-4-3-5-7-16)26-23(30)21-22(17-10-12-25-13-11-17)29(28-27-21)19-14-18(24)8-9-20(19)31-2/h3-15H,1-2H3,(H,26,30). The number of pyridine rings is 1. The molecule has 156 valence electrons. The molecule has 1 unspecified atom stereocenters. The van der Waals surface area contributed by atoms with Gasteiger partial charge in [0.25, 0.3) is 5.91 Å². The first-order valence-electron chi connectivity index (χ1n) is 9.64. The molecule has 4 rings (SSSR count). The molecule has 0 fully saturated rings. The van der Waals surface area contributed by atoms with Crippen LogP contribution in [0.5, 0.6) is 5.75 Å². The molecule has 2 aromatic heterocycles. The van der Waals surface area contributed by atoms with Crippen molar-refractivity contribution in [3.8, 4) is 22.7 Å². The highest BCUT2D eigenvalue weighted by Gasteiger charge is 2.25. The van der Waals surface area contributed by atoms with Crippen molar-refractivity contribution in [1.82, 2.24) is 25.3 Å². The van der Waals surface area contributed by atoms with E-state index in [2.05, 4.69) is 20.6 Å². The van der Waals surface area contributed by atoms with E-state index in [1.165, 1.54) is 0 Å². The monoisotopic (exact) mass is 433 g/mol. The average molecular weight is 434 g/mol. The van der Waals surface area contributed by atoms with Crippen LogP contribution >= 0.6 is 11.6 Å². The smallest absolute Gasteiger partial charge is 0.274 e. The second kappa shape index (κ2) is 8.97. The van der Waals surface area contributed by atoms with Crippen molar-refractivity contribution in [2.45, 2.75) is 13.0 Å². The summed E-state index contributed by atoms with van der Waals surface area (Å²) >= 11 is 6.22. The van der Waals surface area contributed by atoms with Crippen molar-refractivity contribution in [1.29, 1.82) is 0 Å². The maximum Gasteiger partial charge on any atom is 0.274 e. The zero-order chi connectivity index (χ0) is 21.8. The molecule has 0 saturated carbocycles. The molecule has 0 bridgehead atoms. The lowest BCUT2D eigenvalue weighted by Crippen LogP contribution is -2.27. The first-order chi connectivity index (χ1) is 15.1. The van der Waals surface area contributed by atoms with Crippen LogP contribution in [0.2, 0.25) is 5.02 Å². The predicted molar refractivity (Wildman–Crippen MR) is 118 cm³/mol. The van der Waals surface area contributed by atoms with Gasteiger partial charge in [0.2, 0.25) is 0 Å². The minimum atomic E-state index is -0.338. The van der Waals surface area contributed by atoms with Crippen LogP contribution in [-0.4, -0.2) is 33.0 Å². The van der Waals surface area contributed by atoms with Crippen LogP contribution < -0.4 is 10.1 Å². The summed E-state index contributed by atoms with van der Waals surface area (Å²) in [5, 5.41) is 12.0. The first kappa shape index (κ1) is 20.6. The molecule has 4 aromatic rings. The Labute approximate surface area is 184 Å². The third-order valence-corrected chi connectivity index (χ3v) is 5.09. The van der Waals surface area contributed by atoms with E-state index in [4.69, 9.17) is 16.3 Å². The van der Waals surface area contributed by atoms with Gasteiger partial charge in [-0.25, -0.2) is 4.68 Å². The van der Waals surface area contributed by atoms with Crippen LogP contribution in [0.4, 0.5) is 0 Å². The van der Waals surface area contributed by atoms with Crippen molar-refractivity contribution in [3.63, 3.8) is 0 Å². The Morgan fingerprint density at radius 3 is 2.55 bits per heavy atom. The maximum atomic E-state index is 13.2. The van der Waals surface area contributed by atoms with Gasteiger partial charge in [-0.15, -0.1) is 5.10 Å². The number of carbonyl (C=O) groups excluding carboxylic acids is 1. The van der Waals surface area contributed by atoms with Crippen LogP contribution in [0, 0.1) is 0 Å². The Morgan fingerprint density at radius 1 is 1.10 bits per heavy atom. The van der Waals surface area contributed by atoms with Crippen molar-refractivity contribution in [2.24, 2.45) is 0 Å². The SMILES string of the molecule is COc1ccc(Cl)cc1-n1nnc(C(=O)NC(C)c2ccccc2)c1-c1ccncc1. The molecule has 1 amide bonds. The van der Waals surface area contributed by atoms with Gasteiger partial charge in [-0.1, -0.05) is 47.1 Å². The Hall–Kier alpha value is -3.71. The van der Waals surface area contributed by atoms with Gasteiger partial charge in [-0.05, 0) is 42.8 Å².